The van der Waals surface area contributed by atoms with Crippen molar-refractivity contribution < 1.29 is 22.5 Å². The van der Waals surface area contributed by atoms with E-state index < -0.39 is 11.7 Å². The van der Waals surface area contributed by atoms with Gasteiger partial charge in [0.15, 0.2) is 0 Å². The smallest absolute Gasteiger partial charge is 0.347 e. The van der Waals surface area contributed by atoms with Crippen LogP contribution in [0.15, 0.2) is 28.8 Å². The molecule has 1 fully saturated rings. The van der Waals surface area contributed by atoms with E-state index in [1.807, 2.05) is 4.90 Å². The van der Waals surface area contributed by atoms with Gasteiger partial charge >= 0.3 is 6.18 Å². The van der Waals surface area contributed by atoms with Gasteiger partial charge in [0.25, 0.3) is 0 Å². The minimum absolute atomic E-state index is 0.0324. The lowest BCUT2D eigenvalue weighted by Crippen LogP contribution is -2.42. The molecule has 1 saturated heterocycles. The maximum absolute atomic E-state index is 12.6. The second kappa shape index (κ2) is 7.06. The van der Waals surface area contributed by atoms with Gasteiger partial charge < -0.3 is 9.42 Å². The number of carbonyl (C=O) groups is 1. The average molecular weight is 368 g/mol. The van der Waals surface area contributed by atoms with Crippen LogP contribution in [-0.2, 0) is 17.5 Å². The van der Waals surface area contributed by atoms with Crippen LogP contribution in [0.3, 0.4) is 0 Å². The molecule has 140 valence electrons. The summed E-state index contributed by atoms with van der Waals surface area (Å²) in [6.07, 6.45) is -2.70. The monoisotopic (exact) mass is 368 g/mol. The largest absolute Gasteiger partial charge is 0.416 e. The number of benzene rings is 1. The Hall–Kier alpha value is -2.42. The number of aromatic nitrogens is 2. The highest BCUT2D eigenvalue weighted by Crippen LogP contribution is 2.30. The van der Waals surface area contributed by atoms with E-state index in [2.05, 4.69) is 10.1 Å². The second-order valence-corrected chi connectivity index (χ2v) is 6.45. The van der Waals surface area contributed by atoms with E-state index in [1.54, 1.807) is 19.0 Å². The van der Waals surface area contributed by atoms with Crippen molar-refractivity contribution in [3.05, 3.63) is 35.7 Å². The maximum Gasteiger partial charge on any atom is 0.416 e. The number of hydrogen-bond acceptors (Lipinski definition) is 5. The zero-order valence-corrected chi connectivity index (χ0v) is 14.5. The van der Waals surface area contributed by atoms with Crippen LogP contribution in [-0.4, -0.2) is 52.5 Å². The van der Waals surface area contributed by atoms with E-state index in [9.17, 15) is 18.0 Å². The quantitative estimate of drug-likeness (QED) is 0.831. The van der Waals surface area contributed by atoms with Gasteiger partial charge in [-0.2, -0.15) is 18.2 Å². The first-order valence-corrected chi connectivity index (χ1v) is 8.21. The minimum atomic E-state index is -4.38. The normalized spacial score (nSPS) is 18.3. The van der Waals surface area contributed by atoms with Crippen molar-refractivity contribution in [1.82, 2.24) is 19.9 Å². The maximum atomic E-state index is 12.6. The van der Waals surface area contributed by atoms with Crippen molar-refractivity contribution in [2.75, 3.05) is 20.6 Å². The Kier molecular flexibility index (Phi) is 4.99. The summed E-state index contributed by atoms with van der Waals surface area (Å²) in [5, 5.41) is 3.84. The van der Waals surface area contributed by atoms with E-state index >= 15 is 0 Å². The molecule has 6 nitrogen and oxygen atoms in total. The number of likely N-dealkylation sites (N-methyl/N-ethyl adjacent to an activating group) is 1. The van der Waals surface area contributed by atoms with Crippen LogP contribution in [0, 0.1) is 0 Å². The third kappa shape index (κ3) is 3.87. The van der Waals surface area contributed by atoms with Gasteiger partial charge in [-0.25, -0.2) is 0 Å². The van der Waals surface area contributed by atoms with Crippen LogP contribution >= 0.6 is 0 Å². The van der Waals surface area contributed by atoms with Crippen molar-refractivity contribution in [2.45, 2.75) is 31.6 Å². The van der Waals surface area contributed by atoms with Crippen molar-refractivity contribution in [2.24, 2.45) is 0 Å². The van der Waals surface area contributed by atoms with Crippen LogP contribution in [0.25, 0.3) is 11.4 Å². The molecule has 9 heteroatoms. The number of halogens is 3. The molecular formula is C17H19F3N4O2. The predicted octanol–water partition coefficient (Wildman–Crippen LogP) is 2.81. The molecule has 26 heavy (non-hydrogen) atoms. The van der Waals surface area contributed by atoms with Crippen LogP contribution in [0.5, 0.6) is 0 Å². The highest BCUT2D eigenvalue weighted by atomic mass is 19.4. The number of hydrogen-bond donors (Lipinski definition) is 0. The molecule has 0 saturated carbocycles. The van der Waals surface area contributed by atoms with Gasteiger partial charge in [0, 0.05) is 19.7 Å². The molecule has 1 aromatic heterocycles. The number of carbonyl (C=O) groups excluding carboxylic acids is 1. The van der Waals surface area contributed by atoms with Crippen LogP contribution in [0.4, 0.5) is 13.2 Å². The molecule has 1 atom stereocenters. The minimum Gasteiger partial charge on any atom is -0.347 e. The van der Waals surface area contributed by atoms with E-state index in [0.717, 1.165) is 31.5 Å². The summed E-state index contributed by atoms with van der Waals surface area (Å²) in [5.74, 6) is 0.590. The topological polar surface area (TPSA) is 62.5 Å². The summed E-state index contributed by atoms with van der Waals surface area (Å²) >= 11 is 0. The first-order chi connectivity index (χ1) is 12.3. The van der Waals surface area contributed by atoms with E-state index in [4.69, 9.17) is 4.52 Å². The van der Waals surface area contributed by atoms with Crippen molar-refractivity contribution in [1.29, 1.82) is 0 Å². The first kappa shape index (κ1) is 18.4. The third-order valence-corrected chi connectivity index (χ3v) is 4.37. The molecular weight excluding hydrogens is 349 g/mol. The Balaban J connectivity index is 1.71. The fourth-order valence-electron chi connectivity index (χ4n) is 3.01. The van der Waals surface area contributed by atoms with Crippen LogP contribution < -0.4 is 0 Å². The van der Waals surface area contributed by atoms with Gasteiger partial charge in [0.1, 0.15) is 0 Å². The predicted molar refractivity (Wildman–Crippen MR) is 86.9 cm³/mol. The summed E-state index contributed by atoms with van der Waals surface area (Å²) < 4.78 is 43.1. The standard InChI is InChI=1S/C17H19F3N4O2/c1-23(2)16(25)13-4-3-9-24(13)10-14-21-15(22-26-14)11-5-7-12(8-6-11)17(18,19)20/h5-8,13H,3-4,9-10H2,1-2H3/t13-/m1/s1. The molecule has 0 radical (unpaired) electrons. The summed E-state index contributed by atoms with van der Waals surface area (Å²) in [5.41, 5.74) is -0.289. The molecule has 0 N–H and O–H groups in total. The van der Waals surface area contributed by atoms with Crippen LogP contribution in [0.1, 0.15) is 24.3 Å². The molecule has 0 spiro atoms. The summed E-state index contributed by atoms with van der Waals surface area (Å²) in [4.78, 5) is 20.0. The van der Waals surface area contributed by atoms with Gasteiger partial charge in [-0.3, -0.25) is 9.69 Å². The molecule has 0 bridgehead atoms. The van der Waals surface area contributed by atoms with E-state index in [1.165, 1.54) is 12.1 Å². The van der Waals surface area contributed by atoms with Crippen molar-refractivity contribution in [3.8, 4) is 11.4 Å². The number of amides is 1. The number of rotatable bonds is 4. The number of alkyl halides is 3. The Morgan fingerprint density at radius 2 is 2.00 bits per heavy atom. The number of nitrogens with zero attached hydrogens (tertiary/aromatic N) is 4. The Bertz CT molecular complexity index is 771. The molecule has 1 amide bonds. The fraction of sp³-hybridized carbons (Fsp3) is 0.471. The van der Waals surface area contributed by atoms with Gasteiger partial charge in [-0.05, 0) is 31.5 Å². The molecule has 1 aliphatic heterocycles. The van der Waals surface area contributed by atoms with Crippen molar-refractivity contribution in [3.63, 3.8) is 0 Å². The molecule has 2 heterocycles. The Morgan fingerprint density at radius 3 is 2.62 bits per heavy atom. The lowest BCUT2D eigenvalue weighted by Gasteiger charge is -2.24. The molecule has 3 rings (SSSR count). The highest BCUT2D eigenvalue weighted by molar-refractivity contribution is 5.81. The zero-order valence-electron chi connectivity index (χ0n) is 14.5. The lowest BCUT2D eigenvalue weighted by atomic mass is 10.1. The highest BCUT2D eigenvalue weighted by Gasteiger charge is 2.33. The summed E-state index contributed by atoms with van der Waals surface area (Å²) in [6.45, 7) is 1.08. The summed E-state index contributed by atoms with van der Waals surface area (Å²) in [7, 11) is 3.43. The molecule has 0 unspecified atom stereocenters. The van der Waals surface area contributed by atoms with Gasteiger partial charge in [-0.15, -0.1) is 0 Å². The Labute approximate surface area is 148 Å². The zero-order chi connectivity index (χ0) is 18.9. The average Bonchev–Trinajstić information content (AvgIpc) is 3.23. The second-order valence-electron chi connectivity index (χ2n) is 6.45. The molecule has 1 aliphatic rings. The molecule has 1 aromatic carbocycles. The molecule has 2 aromatic rings. The summed E-state index contributed by atoms with van der Waals surface area (Å²) in [6, 6.07) is 4.37. The third-order valence-electron chi connectivity index (χ3n) is 4.37. The fourth-order valence-corrected chi connectivity index (χ4v) is 3.01. The Morgan fingerprint density at radius 1 is 1.31 bits per heavy atom. The lowest BCUT2D eigenvalue weighted by molar-refractivity contribution is -0.137. The van der Waals surface area contributed by atoms with Crippen molar-refractivity contribution >= 4 is 5.91 Å². The van der Waals surface area contributed by atoms with E-state index in [0.29, 0.717) is 18.0 Å². The SMILES string of the molecule is CN(C)C(=O)[C@H]1CCCN1Cc1nc(-c2ccc(C(F)(F)F)cc2)no1. The van der Waals surface area contributed by atoms with Crippen LogP contribution in [0.2, 0.25) is 0 Å². The van der Waals surface area contributed by atoms with E-state index in [-0.39, 0.29) is 17.8 Å². The van der Waals surface area contributed by atoms with Gasteiger partial charge in [0.2, 0.25) is 17.6 Å². The van der Waals surface area contributed by atoms with Gasteiger partial charge in [-0.1, -0.05) is 17.3 Å². The molecule has 0 aliphatic carbocycles. The first-order valence-electron chi connectivity index (χ1n) is 8.21. The van der Waals surface area contributed by atoms with Gasteiger partial charge in [0.05, 0.1) is 18.2 Å². The number of likely N-dealkylation sites (tertiary alicyclic amines) is 1.